The van der Waals surface area contributed by atoms with E-state index in [-0.39, 0.29) is 11.8 Å². The van der Waals surface area contributed by atoms with Crippen LogP contribution in [0.1, 0.15) is 22.8 Å². The van der Waals surface area contributed by atoms with Crippen molar-refractivity contribution in [3.63, 3.8) is 0 Å². The quantitative estimate of drug-likeness (QED) is 0.931. The first-order valence-electron chi connectivity index (χ1n) is 7.57. The summed E-state index contributed by atoms with van der Waals surface area (Å²) in [6.45, 7) is 2.02. The Bertz CT molecular complexity index is 807. The third kappa shape index (κ3) is 3.08. The van der Waals surface area contributed by atoms with Crippen molar-refractivity contribution in [3.8, 4) is 5.75 Å². The first kappa shape index (κ1) is 16.3. The van der Waals surface area contributed by atoms with Crippen molar-refractivity contribution in [1.82, 2.24) is 5.32 Å². The van der Waals surface area contributed by atoms with Crippen molar-refractivity contribution >= 4 is 29.1 Å². The highest BCUT2D eigenvalue weighted by Gasteiger charge is 2.29. The molecule has 6 heteroatoms. The average Bonchev–Trinajstić information content (AvgIpc) is 2.58. The van der Waals surface area contributed by atoms with Crippen LogP contribution >= 0.6 is 11.6 Å². The molecule has 0 aliphatic carbocycles. The van der Waals surface area contributed by atoms with Gasteiger partial charge in [-0.15, -0.1) is 0 Å². The van der Waals surface area contributed by atoms with Crippen LogP contribution in [-0.2, 0) is 11.3 Å². The summed E-state index contributed by atoms with van der Waals surface area (Å²) in [6.07, 6.45) is -0.566. The largest absolute Gasteiger partial charge is 0.479 e. The number of anilines is 1. The number of nitrogens with zero attached hydrogens (tertiary/aromatic N) is 1. The van der Waals surface area contributed by atoms with Crippen molar-refractivity contribution in [2.75, 3.05) is 11.9 Å². The summed E-state index contributed by atoms with van der Waals surface area (Å²) in [7, 11) is 1.69. The number of benzene rings is 2. The Morgan fingerprint density at radius 2 is 2.04 bits per heavy atom. The smallest absolute Gasteiger partial charge is 0.267 e. The second-order valence-electron chi connectivity index (χ2n) is 5.61. The Morgan fingerprint density at radius 3 is 2.79 bits per heavy atom. The molecular formula is C18H17ClN2O3. The van der Waals surface area contributed by atoms with Gasteiger partial charge in [-0.25, -0.2) is 0 Å². The monoisotopic (exact) mass is 344 g/mol. The zero-order valence-electron chi connectivity index (χ0n) is 13.4. The minimum absolute atomic E-state index is 0.113. The Morgan fingerprint density at radius 1 is 1.29 bits per heavy atom. The maximum atomic E-state index is 12.4. The fourth-order valence-electron chi connectivity index (χ4n) is 2.58. The average molecular weight is 345 g/mol. The fraction of sp³-hybridized carbons (Fsp3) is 0.222. The van der Waals surface area contributed by atoms with E-state index in [1.54, 1.807) is 38.2 Å². The van der Waals surface area contributed by atoms with Gasteiger partial charge < -0.3 is 15.0 Å². The van der Waals surface area contributed by atoms with Crippen LogP contribution in [0.5, 0.6) is 5.75 Å². The summed E-state index contributed by atoms with van der Waals surface area (Å²) in [5, 5.41) is 3.45. The summed E-state index contributed by atoms with van der Waals surface area (Å²) >= 11 is 6.09. The molecule has 2 aromatic carbocycles. The predicted octanol–water partition coefficient (Wildman–Crippen LogP) is 3.01. The molecule has 0 fully saturated rings. The van der Waals surface area contributed by atoms with Crippen molar-refractivity contribution in [1.29, 1.82) is 0 Å². The van der Waals surface area contributed by atoms with E-state index in [0.29, 0.717) is 28.6 Å². The Hall–Kier alpha value is -2.53. The van der Waals surface area contributed by atoms with Gasteiger partial charge in [-0.2, -0.15) is 0 Å². The van der Waals surface area contributed by atoms with Gasteiger partial charge in [0, 0.05) is 24.2 Å². The van der Waals surface area contributed by atoms with E-state index >= 15 is 0 Å². The van der Waals surface area contributed by atoms with E-state index in [1.807, 2.05) is 18.2 Å². The topological polar surface area (TPSA) is 58.6 Å². The number of hydrogen-bond donors (Lipinski definition) is 1. The predicted molar refractivity (Wildman–Crippen MR) is 92.6 cm³/mol. The molecule has 0 radical (unpaired) electrons. The van der Waals surface area contributed by atoms with Crippen LogP contribution in [0.2, 0.25) is 5.02 Å². The molecule has 5 nitrogen and oxygen atoms in total. The fourth-order valence-corrected chi connectivity index (χ4v) is 2.78. The summed E-state index contributed by atoms with van der Waals surface area (Å²) in [5.74, 6) is 0.182. The number of rotatable bonds is 3. The van der Waals surface area contributed by atoms with Gasteiger partial charge in [0.1, 0.15) is 5.75 Å². The van der Waals surface area contributed by atoms with E-state index < -0.39 is 6.10 Å². The number of ether oxygens (including phenoxy) is 1. The lowest BCUT2D eigenvalue weighted by Gasteiger charge is -2.30. The molecule has 0 saturated heterocycles. The molecule has 2 aromatic rings. The minimum Gasteiger partial charge on any atom is -0.479 e. The van der Waals surface area contributed by atoms with Gasteiger partial charge in [-0.05, 0) is 36.8 Å². The molecule has 0 spiro atoms. The molecule has 0 saturated carbocycles. The lowest BCUT2D eigenvalue weighted by molar-refractivity contribution is -0.125. The third-order valence-electron chi connectivity index (χ3n) is 3.96. The van der Waals surface area contributed by atoms with Crippen LogP contribution < -0.4 is 15.0 Å². The van der Waals surface area contributed by atoms with Crippen molar-refractivity contribution < 1.29 is 14.3 Å². The molecule has 1 unspecified atom stereocenters. The van der Waals surface area contributed by atoms with Crippen LogP contribution in [0.3, 0.4) is 0 Å². The molecule has 2 amide bonds. The highest BCUT2D eigenvalue weighted by Crippen LogP contribution is 2.33. The lowest BCUT2D eigenvalue weighted by Crippen LogP contribution is -2.42. The van der Waals surface area contributed by atoms with Gasteiger partial charge >= 0.3 is 0 Å². The number of carbonyl (C=O) groups is 2. The number of likely N-dealkylation sites (N-methyl/N-ethyl adjacent to an activating group) is 1. The molecule has 0 bridgehead atoms. The molecule has 1 aliphatic heterocycles. The standard InChI is InChI=1S/C18H17ClN2O3/c1-11-18(23)21(2)15-8-7-12(9-16(15)24-11)17(22)20-10-13-5-3-4-6-14(13)19/h3-9,11H,10H2,1-2H3,(H,20,22). The number of halogens is 1. The van der Waals surface area contributed by atoms with Crippen LogP contribution in [0.25, 0.3) is 0 Å². The molecule has 1 atom stereocenters. The van der Waals surface area contributed by atoms with E-state index in [2.05, 4.69) is 5.32 Å². The van der Waals surface area contributed by atoms with E-state index in [1.165, 1.54) is 4.90 Å². The van der Waals surface area contributed by atoms with E-state index in [9.17, 15) is 9.59 Å². The molecule has 124 valence electrons. The van der Waals surface area contributed by atoms with Crippen LogP contribution in [0, 0.1) is 0 Å². The van der Waals surface area contributed by atoms with Gasteiger partial charge in [-0.3, -0.25) is 9.59 Å². The van der Waals surface area contributed by atoms with Gasteiger partial charge in [0.25, 0.3) is 11.8 Å². The van der Waals surface area contributed by atoms with Gasteiger partial charge in [0.2, 0.25) is 0 Å². The van der Waals surface area contributed by atoms with Gasteiger partial charge in [0.05, 0.1) is 5.69 Å². The summed E-state index contributed by atoms with van der Waals surface area (Å²) in [5.41, 5.74) is 1.97. The van der Waals surface area contributed by atoms with Crippen LogP contribution in [0.4, 0.5) is 5.69 Å². The number of carbonyl (C=O) groups excluding carboxylic acids is 2. The summed E-state index contributed by atoms with van der Waals surface area (Å²) < 4.78 is 5.59. The number of amides is 2. The van der Waals surface area contributed by atoms with Crippen LogP contribution in [0.15, 0.2) is 42.5 Å². The maximum Gasteiger partial charge on any atom is 0.267 e. The first-order chi connectivity index (χ1) is 11.5. The molecule has 1 heterocycles. The number of nitrogens with one attached hydrogen (secondary N) is 1. The number of hydrogen-bond acceptors (Lipinski definition) is 3. The normalized spacial score (nSPS) is 16.4. The molecule has 1 N–H and O–H groups in total. The molecule has 3 rings (SSSR count). The molecular weight excluding hydrogens is 328 g/mol. The van der Waals surface area contributed by atoms with Crippen molar-refractivity contribution in [2.45, 2.75) is 19.6 Å². The van der Waals surface area contributed by atoms with Crippen molar-refractivity contribution in [2.24, 2.45) is 0 Å². The Labute approximate surface area is 145 Å². The minimum atomic E-state index is -0.566. The Balaban J connectivity index is 1.76. The molecule has 24 heavy (non-hydrogen) atoms. The maximum absolute atomic E-state index is 12.4. The molecule has 1 aliphatic rings. The van der Waals surface area contributed by atoms with Crippen LogP contribution in [-0.4, -0.2) is 25.0 Å². The molecule has 0 aromatic heterocycles. The Kier molecular flexibility index (Phi) is 4.44. The SMILES string of the molecule is CC1Oc2cc(C(=O)NCc3ccccc3Cl)ccc2N(C)C1=O. The third-order valence-corrected chi connectivity index (χ3v) is 4.33. The lowest BCUT2D eigenvalue weighted by atomic mass is 10.1. The number of fused-ring (bicyclic) bond motifs is 1. The zero-order valence-corrected chi connectivity index (χ0v) is 14.1. The second-order valence-corrected chi connectivity index (χ2v) is 6.02. The van der Waals surface area contributed by atoms with Crippen molar-refractivity contribution in [3.05, 3.63) is 58.6 Å². The van der Waals surface area contributed by atoms with E-state index in [0.717, 1.165) is 5.56 Å². The highest BCUT2D eigenvalue weighted by molar-refractivity contribution is 6.31. The van der Waals surface area contributed by atoms with E-state index in [4.69, 9.17) is 16.3 Å². The van der Waals surface area contributed by atoms with Gasteiger partial charge in [-0.1, -0.05) is 29.8 Å². The highest BCUT2D eigenvalue weighted by atomic mass is 35.5. The first-order valence-corrected chi connectivity index (χ1v) is 7.95. The summed E-state index contributed by atoms with van der Waals surface area (Å²) in [4.78, 5) is 25.8. The van der Waals surface area contributed by atoms with Gasteiger partial charge in [0.15, 0.2) is 6.10 Å². The second kappa shape index (κ2) is 6.53. The summed E-state index contributed by atoms with van der Waals surface area (Å²) in [6, 6.07) is 12.4. The zero-order chi connectivity index (χ0) is 17.3.